The molecule has 0 aliphatic heterocycles. The topological polar surface area (TPSA) is 36.9 Å². The number of benzene rings is 1. The van der Waals surface area contributed by atoms with Gasteiger partial charge in [-0.05, 0) is 30.5 Å². The van der Waals surface area contributed by atoms with Gasteiger partial charge in [0, 0.05) is 40.4 Å². The first-order valence-electron chi connectivity index (χ1n) is 7.91. The lowest BCUT2D eigenvalue weighted by Crippen LogP contribution is -2.39. The summed E-state index contributed by atoms with van der Waals surface area (Å²) in [7, 11) is 3.73. The quantitative estimate of drug-likeness (QED) is 0.277. The summed E-state index contributed by atoms with van der Waals surface area (Å²) in [4.78, 5) is 6.28. The SMILES string of the molecule is CCCCOCCCNC(=NC)N(C)Cc1ccc(F)cc1.I. The molecule has 0 amide bonds. The fourth-order valence-corrected chi connectivity index (χ4v) is 2.05. The summed E-state index contributed by atoms with van der Waals surface area (Å²) < 4.78 is 18.4. The highest BCUT2D eigenvalue weighted by atomic mass is 127. The first kappa shape index (κ1) is 22.1. The zero-order valence-electron chi connectivity index (χ0n) is 14.3. The molecule has 4 nitrogen and oxygen atoms in total. The Morgan fingerprint density at radius 3 is 2.48 bits per heavy atom. The molecule has 0 saturated carbocycles. The first-order valence-corrected chi connectivity index (χ1v) is 7.91. The first-order chi connectivity index (χ1) is 10.7. The number of unbranched alkanes of at least 4 members (excludes halogenated alkanes) is 1. The molecule has 1 aromatic carbocycles. The van der Waals surface area contributed by atoms with E-state index in [0.717, 1.165) is 44.1 Å². The molecule has 1 N–H and O–H groups in total. The van der Waals surface area contributed by atoms with Gasteiger partial charge < -0.3 is 15.0 Å². The van der Waals surface area contributed by atoms with Gasteiger partial charge in [0.25, 0.3) is 0 Å². The lowest BCUT2D eigenvalue weighted by atomic mass is 10.2. The minimum atomic E-state index is -0.211. The van der Waals surface area contributed by atoms with Crippen LogP contribution in [0.25, 0.3) is 0 Å². The molecule has 0 unspecified atom stereocenters. The van der Waals surface area contributed by atoms with Gasteiger partial charge in [-0.15, -0.1) is 24.0 Å². The fraction of sp³-hybridized carbons (Fsp3) is 0.588. The Bertz CT molecular complexity index is 440. The number of rotatable bonds is 9. The zero-order chi connectivity index (χ0) is 16.2. The summed E-state index contributed by atoms with van der Waals surface area (Å²) in [5, 5.41) is 3.31. The second kappa shape index (κ2) is 13.5. The van der Waals surface area contributed by atoms with Crippen LogP contribution in [0.2, 0.25) is 0 Å². The number of nitrogens with one attached hydrogen (secondary N) is 1. The predicted octanol–water partition coefficient (Wildman–Crippen LogP) is 3.66. The van der Waals surface area contributed by atoms with Crippen molar-refractivity contribution >= 4 is 29.9 Å². The van der Waals surface area contributed by atoms with Gasteiger partial charge >= 0.3 is 0 Å². The highest BCUT2D eigenvalue weighted by Gasteiger charge is 2.06. The van der Waals surface area contributed by atoms with E-state index in [0.29, 0.717) is 6.54 Å². The van der Waals surface area contributed by atoms with Gasteiger partial charge in [-0.1, -0.05) is 25.5 Å². The monoisotopic (exact) mass is 437 g/mol. The van der Waals surface area contributed by atoms with Crippen molar-refractivity contribution in [1.82, 2.24) is 10.2 Å². The fourth-order valence-electron chi connectivity index (χ4n) is 2.05. The van der Waals surface area contributed by atoms with E-state index in [9.17, 15) is 4.39 Å². The van der Waals surface area contributed by atoms with Crippen molar-refractivity contribution in [1.29, 1.82) is 0 Å². The Morgan fingerprint density at radius 1 is 1.22 bits per heavy atom. The van der Waals surface area contributed by atoms with Gasteiger partial charge in [0.1, 0.15) is 5.82 Å². The molecule has 23 heavy (non-hydrogen) atoms. The van der Waals surface area contributed by atoms with Crippen molar-refractivity contribution in [3.63, 3.8) is 0 Å². The third-order valence-electron chi connectivity index (χ3n) is 3.30. The summed E-state index contributed by atoms with van der Waals surface area (Å²) in [5.41, 5.74) is 1.05. The molecule has 0 atom stereocenters. The Labute approximate surface area is 156 Å². The Morgan fingerprint density at radius 2 is 1.87 bits per heavy atom. The third kappa shape index (κ3) is 9.76. The maximum atomic E-state index is 12.9. The number of ether oxygens (including phenoxy) is 1. The molecule has 0 aliphatic rings. The third-order valence-corrected chi connectivity index (χ3v) is 3.30. The molecule has 0 aromatic heterocycles. The van der Waals surface area contributed by atoms with Crippen molar-refractivity contribution in [3.05, 3.63) is 35.6 Å². The van der Waals surface area contributed by atoms with E-state index in [-0.39, 0.29) is 29.8 Å². The lowest BCUT2D eigenvalue weighted by Gasteiger charge is -2.22. The van der Waals surface area contributed by atoms with E-state index in [2.05, 4.69) is 17.2 Å². The van der Waals surface area contributed by atoms with E-state index < -0.39 is 0 Å². The molecule has 0 aliphatic carbocycles. The largest absolute Gasteiger partial charge is 0.381 e. The zero-order valence-corrected chi connectivity index (χ0v) is 16.7. The van der Waals surface area contributed by atoms with Crippen LogP contribution in [0.1, 0.15) is 31.7 Å². The van der Waals surface area contributed by atoms with Crippen LogP contribution >= 0.6 is 24.0 Å². The summed E-state index contributed by atoms with van der Waals surface area (Å²) in [6.07, 6.45) is 3.24. The van der Waals surface area contributed by atoms with Crippen molar-refractivity contribution in [2.24, 2.45) is 4.99 Å². The van der Waals surface area contributed by atoms with Crippen LogP contribution in [0.3, 0.4) is 0 Å². The molecule has 0 spiro atoms. The Hall–Kier alpha value is -0.890. The molecule has 6 heteroatoms. The van der Waals surface area contributed by atoms with Crippen molar-refractivity contribution < 1.29 is 9.13 Å². The molecule has 0 heterocycles. The number of nitrogens with zero attached hydrogens (tertiary/aromatic N) is 2. The summed E-state index contributed by atoms with van der Waals surface area (Å²) in [5.74, 6) is 0.620. The minimum absolute atomic E-state index is 0. The molecule has 0 bridgehead atoms. The maximum absolute atomic E-state index is 12.9. The molecule has 0 radical (unpaired) electrons. The van der Waals surface area contributed by atoms with Gasteiger partial charge in [0.05, 0.1) is 0 Å². The molecular formula is C17H29FIN3O. The number of aliphatic imine (C=N–C) groups is 1. The Kier molecular flexibility index (Phi) is 13.0. The van der Waals surface area contributed by atoms with Gasteiger partial charge in [0.2, 0.25) is 0 Å². The normalized spacial score (nSPS) is 11.0. The molecule has 1 aromatic rings. The number of halogens is 2. The van der Waals surface area contributed by atoms with Gasteiger partial charge in [0.15, 0.2) is 5.96 Å². The Balaban J connectivity index is 0.00000484. The number of hydrogen-bond donors (Lipinski definition) is 1. The second-order valence-electron chi connectivity index (χ2n) is 5.28. The van der Waals surface area contributed by atoms with Crippen LogP contribution in [0.4, 0.5) is 4.39 Å². The van der Waals surface area contributed by atoms with Crippen LogP contribution < -0.4 is 5.32 Å². The van der Waals surface area contributed by atoms with Gasteiger partial charge in [-0.2, -0.15) is 0 Å². The van der Waals surface area contributed by atoms with Crippen molar-refractivity contribution in [2.45, 2.75) is 32.7 Å². The van der Waals surface area contributed by atoms with E-state index >= 15 is 0 Å². The molecular weight excluding hydrogens is 408 g/mol. The highest BCUT2D eigenvalue weighted by molar-refractivity contribution is 14.0. The molecule has 1 rings (SSSR count). The predicted molar refractivity (Wildman–Crippen MR) is 105 cm³/mol. The van der Waals surface area contributed by atoms with E-state index in [1.165, 1.54) is 18.6 Å². The van der Waals surface area contributed by atoms with E-state index in [4.69, 9.17) is 4.74 Å². The smallest absolute Gasteiger partial charge is 0.193 e. The van der Waals surface area contributed by atoms with Crippen LogP contribution in [0, 0.1) is 5.82 Å². The molecule has 132 valence electrons. The maximum Gasteiger partial charge on any atom is 0.193 e. The van der Waals surface area contributed by atoms with Crippen LogP contribution in [0.15, 0.2) is 29.3 Å². The van der Waals surface area contributed by atoms with Crippen LogP contribution in [-0.4, -0.2) is 44.7 Å². The van der Waals surface area contributed by atoms with E-state index in [1.807, 2.05) is 11.9 Å². The summed E-state index contributed by atoms with van der Waals surface area (Å²) in [6.45, 7) is 5.28. The highest BCUT2D eigenvalue weighted by Crippen LogP contribution is 2.05. The average molecular weight is 437 g/mol. The standard InChI is InChI=1S/C17H28FN3O.HI/c1-4-5-12-22-13-6-11-20-17(19-2)21(3)14-15-7-9-16(18)10-8-15;/h7-10H,4-6,11-14H2,1-3H3,(H,19,20);1H. The van der Waals surface area contributed by atoms with Crippen molar-refractivity contribution in [3.8, 4) is 0 Å². The van der Waals surface area contributed by atoms with Crippen molar-refractivity contribution in [2.75, 3.05) is 33.9 Å². The average Bonchev–Trinajstić information content (AvgIpc) is 2.52. The number of hydrogen-bond acceptors (Lipinski definition) is 2. The minimum Gasteiger partial charge on any atom is -0.381 e. The molecule has 0 saturated heterocycles. The van der Waals surface area contributed by atoms with Crippen LogP contribution in [-0.2, 0) is 11.3 Å². The molecule has 0 fully saturated rings. The number of guanidine groups is 1. The summed E-state index contributed by atoms with van der Waals surface area (Å²) >= 11 is 0. The van der Waals surface area contributed by atoms with E-state index in [1.54, 1.807) is 19.2 Å². The van der Waals surface area contributed by atoms with Crippen LogP contribution in [0.5, 0.6) is 0 Å². The second-order valence-corrected chi connectivity index (χ2v) is 5.28. The van der Waals surface area contributed by atoms with Gasteiger partial charge in [-0.3, -0.25) is 4.99 Å². The lowest BCUT2D eigenvalue weighted by molar-refractivity contribution is 0.129. The summed E-state index contributed by atoms with van der Waals surface area (Å²) in [6, 6.07) is 6.54. The van der Waals surface area contributed by atoms with Gasteiger partial charge in [-0.25, -0.2) is 4.39 Å².